The van der Waals surface area contributed by atoms with Gasteiger partial charge in [0.1, 0.15) is 0 Å². The fraction of sp³-hybridized carbons (Fsp3) is 0.273. The molecule has 0 aliphatic carbocycles. The summed E-state index contributed by atoms with van der Waals surface area (Å²) in [5.74, 6) is -0.158. The zero-order chi connectivity index (χ0) is 20.1. The molecular formula is C22H24ClN3O2. The lowest BCUT2D eigenvalue weighted by molar-refractivity contribution is 0.0657. The zero-order valence-electron chi connectivity index (χ0n) is 16.3. The van der Waals surface area contributed by atoms with Crippen LogP contribution in [0.5, 0.6) is 0 Å². The van der Waals surface area contributed by atoms with Crippen LogP contribution in [-0.2, 0) is 17.9 Å². The van der Waals surface area contributed by atoms with E-state index in [1.807, 2.05) is 63.2 Å². The van der Waals surface area contributed by atoms with Crippen LogP contribution in [0.15, 0.2) is 54.7 Å². The number of hydrogen-bond acceptors (Lipinski definition) is 3. The van der Waals surface area contributed by atoms with E-state index in [2.05, 4.69) is 10.4 Å². The molecule has 0 bridgehead atoms. The van der Waals surface area contributed by atoms with Crippen LogP contribution in [0.2, 0.25) is 5.02 Å². The first kappa shape index (κ1) is 20.1. The summed E-state index contributed by atoms with van der Waals surface area (Å²) in [6, 6.07) is 15.4. The van der Waals surface area contributed by atoms with Gasteiger partial charge in [0.15, 0.2) is 0 Å². The Bertz CT molecular complexity index is 966. The van der Waals surface area contributed by atoms with Gasteiger partial charge in [0.05, 0.1) is 35.9 Å². The predicted molar refractivity (Wildman–Crippen MR) is 111 cm³/mol. The number of aromatic nitrogens is 2. The molecule has 0 saturated heterocycles. The van der Waals surface area contributed by atoms with Crippen molar-refractivity contribution in [2.75, 3.05) is 0 Å². The zero-order valence-corrected chi connectivity index (χ0v) is 17.0. The summed E-state index contributed by atoms with van der Waals surface area (Å²) >= 11 is 6.06. The topological polar surface area (TPSA) is 56.1 Å². The maximum absolute atomic E-state index is 12.6. The summed E-state index contributed by atoms with van der Waals surface area (Å²) in [7, 11) is 0. The molecule has 1 heterocycles. The Hall–Kier alpha value is -2.63. The number of carbonyl (C=O) groups excluding carboxylic acids is 1. The Balaban J connectivity index is 1.67. The molecule has 0 unspecified atom stereocenters. The molecule has 5 nitrogen and oxygen atoms in total. The van der Waals surface area contributed by atoms with Crippen molar-refractivity contribution >= 4 is 17.5 Å². The number of halogens is 1. The lowest BCUT2D eigenvalue weighted by Crippen LogP contribution is -2.23. The van der Waals surface area contributed by atoms with Gasteiger partial charge in [0.2, 0.25) is 0 Å². The van der Waals surface area contributed by atoms with Gasteiger partial charge in [0.25, 0.3) is 5.91 Å². The lowest BCUT2D eigenvalue weighted by Gasteiger charge is -2.10. The maximum atomic E-state index is 12.6. The van der Waals surface area contributed by atoms with E-state index in [-0.39, 0.29) is 12.0 Å². The fourth-order valence-electron chi connectivity index (χ4n) is 2.87. The van der Waals surface area contributed by atoms with Crippen LogP contribution in [0.25, 0.3) is 5.69 Å². The Morgan fingerprint density at radius 1 is 1.18 bits per heavy atom. The molecule has 0 radical (unpaired) electrons. The number of benzene rings is 2. The molecule has 0 fully saturated rings. The summed E-state index contributed by atoms with van der Waals surface area (Å²) in [5.41, 5.74) is 4.24. The summed E-state index contributed by atoms with van der Waals surface area (Å²) in [4.78, 5) is 12.6. The van der Waals surface area contributed by atoms with Gasteiger partial charge in [-0.3, -0.25) is 4.79 Å². The molecule has 1 aromatic heterocycles. The van der Waals surface area contributed by atoms with E-state index in [1.54, 1.807) is 16.9 Å². The second-order valence-electron chi connectivity index (χ2n) is 6.90. The Labute approximate surface area is 170 Å². The van der Waals surface area contributed by atoms with Gasteiger partial charge in [-0.2, -0.15) is 5.10 Å². The number of ether oxygens (including phenoxy) is 1. The first-order chi connectivity index (χ1) is 13.4. The predicted octanol–water partition coefficient (Wildman–Crippen LogP) is 4.69. The van der Waals surface area contributed by atoms with Crippen molar-refractivity contribution in [2.24, 2.45) is 0 Å². The highest BCUT2D eigenvalue weighted by atomic mass is 35.5. The molecule has 1 N–H and O–H groups in total. The van der Waals surface area contributed by atoms with Crippen molar-refractivity contribution in [3.63, 3.8) is 0 Å². The average Bonchev–Trinajstić information content (AvgIpc) is 3.06. The quantitative estimate of drug-likeness (QED) is 0.629. The third-order valence-electron chi connectivity index (χ3n) is 4.33. The highest BCUT2D eigenvalue weighted by molar-refractivity contribution is 6.30. The Morgan fingerprint density at radius 3 is 2.68 bits per heavy atom. The van der Waals surface area contributed by atoms with E-state index in [1.165, 1.54) is 0 Å². The highest BCUT2D eigenvalue weighted by Crippen LogP contribution is 2.18. The van der Waals surface area contributed by atoms with Crippen LogP contribution in [0.3, 0.4) is 0 Å². The van der Waals surface area contributed by atoms with E-state index >= 15 is 0 Å². The van der Waals surface area contributed by atoms with Crippen LogP contribution in [-0.4, -0.2) is 21.8 Å². The van der Waals surface area contributed by atoms with Gasteiger partial charge in [0, 0.05) is 11.6 Å². The van der Waals surface area contributed by atoms with Gasteiger partial charge >= 0.3 is 0 Å². The van der Waals surface area contributed by atoms with Gasteiger partial charge in [-0.1, -0.05) is 41.9 Å². The first-order valence-electron chi connectivity index (χ1n) is 9.22. The van der Waals surface area contributed by atoms with Crippen molar-refractivity contribution in [1.82, 2.24) is 15.1 Å². The summed E-state index contributed by atoms with van der Waals surface area (Å²) < 4.78 is 7.35. The number of nitrogens with one attached hydrogen (secondary N) is 1. The second-order valence-corrected chi connectivity index (χ2v) is 7.33. The highest BCUT2D eigenvalue weighted by Gasteiger charge is 2.15. The average molecular weight is 398 g/mol. The molecule has 3 rings (SSSR count). The smallest absolute Gasteiger partial charge is 0.255 e. The van der Waals surface area contributed by atoms with Crippen molar-refractivity contribution in [3.8, 4) is 5.69 Å². The molecule has 6 heteroatoms. The van der Waals surface area contributed by atoms with Gasteiger partial charge in [-0.15, -0.1) is 0 Å². The van der Waals surface area contributed by atoms with Crippen molar-refractivity contribution in [3.05, 3.63) is 82.1 Å². The van der Waals surface area contributed by atoms with Crippen LogP contribution in [0, 0.1) is 6.92 Å². The normalized spacial score (nSPS) is 11.0. The van der Waals surface area contributed by atoms with E-state index < -0.39 is 0 Å². The molecule has 146 valence electrons. The largest absolute Gasteiger partial charge is 0.374 e. The van der Waals surface area contributed by atoms with Crippen molar-refractivity contribution in [1.29, 1.82) is 0 Å². The maximum Gasteiger partial charge on any atom is 0.255 e. The molecule has 0 atom stereocenters. The Morgan fingerprint density at radius 2 is 1.93 bits per heavy atom. The van der Waals surface area contributed by atoms with E-state index in [4.69, 9.17) is 16.3 Å². The number of carbonyl (C=O) groups is 1. The van der Waals surface area contributed by atoms with Crippen LogP contribution in [0.4, 0.5) is 0 Å². The monoisotopic (exact) mass is 397 g/mol. The minimum Gasteiger partial charge on any atom is -0.374 e. The van der Waals surface area contributed by atoms with E-state index in [0.717, 1.165) is 22.5 Å². The number of nitrogens with zero attached hydrogens (tertiary/aromatic N) is 2. The van der Waals surface area contributed by atoms with Crippen molar-refractivity contribution in [2.45, 2.75) is 40.0 Å². The fourth-order valence-corrected chi connectivity index (χ4v) is 3.06. The summed E-state index contributed by atoms with van der Waals surface area (Å²) in [5, 5.41) is 7.93. The minimum absolute atomic E-state index is 0.158. The van der Waals surface area contributed by atoms with Crippen molar-refractivity contribution < 1.29 is 9.53 Å². The SMILES string of the molecule is Cc1c(C(=O)NCc2cccc(COC(C)C)c2)cnn1-c1cccc(Cl)c1. The molecule has 0 aliphatic rings. The van der Waals surface area contributed by atoms with Crippen LogP contribution >= 0.6 is 11.6 Å². The second kappa shape index (κ2) is 9.04. The third-order valence-corrected chi connectivity index (χ3v) is 4.57. The third kappa shape index (κ3) is 5.00. The summed E-state index contributed by atoms with van der Waals surface area (Å²) in [6.07, 6.45) is 1.76. The van der Waals surface area contributed by atoms with Gasteiger partial charge in [-0.05, 0) is 50.1 Å². The number of amides is 1. The Kier molecular flexibility index (Phi) is 6.49. The van der Waals surface area contributed by atoms with E-state index in [9.17, 15) is 4.79 Å². The molecular weight excluding hydrogens is 374 g/mol. The van der Waals surface area contributed by atoms with Crippen LogP contribution < -0.4 is 5.32 Å². The lowest BCUT2D eigenvalue weighted by atomic mass is 10.1. The molecule has 0 spiro atoms. The number of rotatable bonds is 7. The van der Waals surface area contributed by atoms with E-state index in [0.29, 0.717) is 23.7 Å². The number of hydrogen-bond donors (Lipinski definition) is 1. The minimum atomic E-state index is -0.158. The van der Waals surface area contributed by atoms with Crippen LogP contribution in [0.1, 0.15) is 41.0 Å². The van der Waals surface area contributed by atoms with Gasteiger partial charge < -0.3 is 10.1 Å². The first-order valence-corrected chi connectivity index (χ1v) is 9.60. The molecule has 2 aromatic carbocycles. The molecule has 0 aliphatic heterocycles. The standard InChI is InChI=1S/C22H24ClN3O2/c1-15(2)28-14-18-7-4-6-17(10-18)12-24-22(27)21-13-25-26(16(21)3)20-9-5-8-19(23)11-20/h4-11,13,15H,12,14H2,1-3H3,(H,24,27). The molecule has 28 heavy (non-hydrogen) atoms. The molecule has 3 aromatic rings. The molecule has 1 amide bonds. The summed E-state index contributed by atoms with van der Waals surface area (Å²) in [6.45, 7) is 6.89. The van der Waals surface area contributed by atoms with Gasteiger partial charge in [-0.25, -0.2) is 4.68 Å². The molecule has 0 saturated carbocycles.